The second-order valence-electron chi connectivity index (χ2n) is 7.03. The second-order valence-corrected chi connectivity index (χ2v) is 7.03. The third-order valence-electron chi connectivity index (χ3n) is 4.41. The first-order valence-corrected chi connectivity index (χ1v) is 9.00. The van der Waals surface area contributed by atoms with Gasteiger partial charge in [0, 0.05) is 22.7 Å². The van der Waals surface area contributed by atoms with Crippen LogP contribution in [0, 0.1) is 13.8 Å². The quantitative estimate of drug-likeness (QED) is 0.674. The first-order valence-electron chi connectivity index (χ1n) is 9.00. The van der Waals surface area contributed by atoms with Crippen LogP contribution in [-0.4, -0.2) is 33.4 Å². The Kier molecular flexibility index (Phi) is 5.35. The van der Waals surface area contributed by atoms with Crippen LogP contribution in [0.15, 0.2) is 36.5 Å². The summed E-state index contributed by atoms with van der Waals surface area (Å²) < 4.78 is 7.23. The lowest BCUT2D eigenvalue weighted by Crippen LogP contribution is -2.14. The fourth-order valence-electron chi connectivity index (χ4n) is 3.17. The highest BCUT2D eigenvalue weighted by molar-refractivity contribution is 6.05. The van der Waals surface area contributed by atoms with E-state index in [1.54, 1.807) is 26.0 Å². The molecule has 0 unspecified atom stereocenters. The van der Waals surface area contributed by atoms with E-state index in [9.17, 15) is 9.59 Å². The SMILES string of the molecule is Cc1cc(C(=O)Nc2ccc3cnn(C(C)C)c3c2)cc(C)c1OCC(=O)O. The Morgan fingerprint density at radius 1 is 1.18 bits per heavy atom. The summed E-state index contributed by atoms with van der Waals surface area (Å²) in [6.45, 7) is 7.26. The molecule has 1 heterocycles. The highest BCUT2D eigenvalue weighted by Crippen LogP contribution is 2.26. The van der Waals surface area contributed by atoms with Crippen LogP contribution in [0.1, 0.15) is 41.4 Å². The molecule has 3 aromatic rings. The van der Waals surface area contributed by atoms with Crippen LogP contribution in [-0.2, 0) is 4.79 Å². The summed E-state index contributed by atoms with van der Waals surface area (Å²) in [5.41, 5.74) is 3.54. The van der Waals surface area contributed by atoms with Gasteiger partial charge in [-0.2, -0.15) is 5.10 Å². The Labute approximate surface area is 162 Å². The normalized spacial score (nSPS) is 11.0. The Hall–Kier alpha value is -3.35. The molecule has 28 heavy (non-hydrogen) atoms. The van der Waals surface area contributed by atoms with E-state index in [0.29, 0.717) is 28.1 Å². The van der Waals surface area contributed by atoms with Crippen LogP contribution in [0.3, 0.4) is 0 Å². The van der Waals surface area contributed by atoms with Crippen LogP contribution >= 0.6 is 0 Å². The van der Waals surface area contributed by atoms with Gasteiger partial charge in [0.15, 0.2) is 6.61 Å². The zero-order chi connectivity index (χ0) is 20.4. The summed E-state index contributed by atoms with van der Waals surface area (Å²) in [6.07, 6.45) is 1.81. The lowest BCUT2D eigenvalue weighted by molar-refractivity contribution is -0.139. The smallest absolute Gasteiger partial charge is 0.341 e. The zero-order valence-corrected chi connectivity index (χ0v) is 16.3. The fraction of sp³-hybridized carbons (Fsp3) is 0.286. The number of aryl methyl sites for hydroxylation is 2. The van der Waals surface area contributed by atoms with Crippen LogP contribution in [0.25, 0.3) is 10.9 Å². The Morgan fingerprint density at radius 2 is 1.86 bits per heavy atom. The monoisotopic (exact) mass is 381 g/mol. The standard InChI is InChI=1S/C21H23N3O4/c1-12(2)24-18-9-17(6-5-15(18)10-22-24)23-21(27)16-7-13(3)20(14(4)8-16)28-11-19(25)26/h5-10,12H,11H2,1-4H3,(H,23,27)(H,25,26). The van der Waals surface area contributed by atoms with E-state index in [1.165, 1.54) is 0 Å². The number of fused-ring (bicyclic) bond motifs is 1. The first-order chi connectivity index (χ1) is 13.3. The molecule has 7 nitrogen and oxygen atoms in total. The van der Waals surface area contributed by atoms with Gasteiger partial charge in [0.05, 0.1) is 11.7 Å². The topological polar surface area (TPSA) is 93.5 Å². The molecule has 2 N–H and O–H groups in total. The van der Waals surface area contributed by atoms with Crippen molar-refractivity contribution in [2.45, 2.75) is 33.7 Å². The number of nitrogens with one attached hydrogen (secondary N) is 1. The molecule has 0 atom stereocenters. The number of carbonyl (C=O) groups excluding carboxylic acids is 1. The van der Waals surface area contributed by atoms with E-state index in [2.05, 4.69) is 24.3 Å². The van der Waals surface area contributed by atoms with Crippen LogP contribution in [0.4, 0.5) is 5.69 Å². The van der Waals surface area contributed by atoms with Crippen molar-refractivity contribution >= 4 is 28.5 Å². The molecule has 146 valence electrons. The zero-order valence-electron chi connectivity index (χ0n) is 16.3. The summed E-state index contributed by atoms with van der Waals surface area (Å²) >= 11 is 0. The maximum atomic E-state index is 12.7. The van der Waals surface area contributed by atoms with Gasteiger partial charge in [0.25, 0.3) is 5.91 Å². The minimum Gasteiger partial charge on any atom is -0.481 e. The largest absolute Gasteiger partial charge is 0.481 e. The van der Waals surface area contributed by atoms with Gasteiger partial charge in [-0.1, -0.05) is 0 Å². The van der Waals surface area contributed by atoms with Gasteiger partial charge in [-0.05, 0) is 69.2 Å². The number of aliphatic carboxylic acids is 1. The molecule has 0 fully saturated rings. The minimum absolute atomic E-state index is 0.215. The van der Waals surface area contributed by atoms with Crippen molar-refractivity contribution in [1.82, 2.24) is 9.78 Å². The number of carboxylic acid groups (broad SMARTS) is 1. The molecule has 3 rings (SSSR count). The average Bonchev–Trinajstić information content (AvgIpc) is 3.04. The molecule has 1 amide bonds. The Balaban J connectivity index is 1.84. The van der Waals surface area contributed by atoms with E-state index in [4.69, 9.17) is 9.84 Å². The number of ether oxygens (including phenoxy) is 1. The van der Waals surface area contributed by atoms with Gasteiger partial charge in [-0.25, -0.2) is 4.79 Å². The van der Waals surface area contributed by atoms with Crippen molar-refractivity contribution in [3.8, 4) is 5.75 Å². The third-order valence-corrected chi connectivity index (χ3v) is 4.41. The van der Waals surface area contributed by atoms with E-state index >= 15 is 0 Å². The van der Waals surface area contributed by atoms with Crippen molar-refractivity contribution in [3.05, 3.63) is 53.2 Å². The number of nitrogens with zero attached hydrogens (tertiary/aromatic N) is 2. The molecule has 7 heteroatoms. The highest BCUT2D eigenvalue weighted by atomic mass is 16.5. The van der Waals surface area contributed by atoms with Crippen molar-refractivity contribution < 1.29 is 19.4 Å². The predicted octanol–water partition coefficient (Wildman–Crippen LogP) is 3.95. The van der Waals surface area contributed by atoms with E-state index in [1.807, 2.05) is 29.1 Å². The molecule has 0 aliphatic rings. The Bertz CT molecular complexity index is 1030. The molecule has 0 radical (unpaired) electrons. The van der Waals surface area contributed by atoms with Crippen molar-refractivity contribution in [3.63, 3.8) is 0 Å². The molecule has 0 bridgehead atoms. The lowest BCUT2D eigenvalue weighted by Gasteiger charge is -2.13. The van der Waals surface area contributed by atoms with Crippen molar-refractivity contribution in [2.24, 2.45) is 0 Å². The number of rotatable bonds is 6. The number of amides is 1. The van der Waals surface area contributed by atoms with Crippen molar-refractivity contribution in [2.75, 3.05) is 11.9 Å². The molecular formula is C21H23N3O4. The number of carbonyl (C=O) groups is 2. The molecular weight excluding hydrogens is 358 g/mol. The van der Waals surface area contributed by atoms with E-state index < -0.39 is 12.6 Å². The van der Waals surface area contributed by atoms with Gasteiger partial charge >= 0.3 is 5.97 Å². The lowest BCUT2D eigenvalue weighted by atomic mass is 10.0. The van der Waals surface area contributed by atoms with Crippen LogP contribution < -0.4 is 10.1 Å². The summed E-state index contributed by atoms with van der Waals surface area (Å²) in [6, 6.07) is 9.27. The highest BCUT2D eigenvalue weighted by Gasteiger charge is 2.14. The van der Waals surface area contributed by atoms with Gasteiger partial charge in [0.2, 0.25) is 0 Å². The number of hydrogen-bond donors (Lipinski definition) is 2. The Morgan fingerprint density at radius 3 is 2.46 bits per heavy atom. The second kappa shape index (κ2) is 7.72. The molecule has 0 aliphatic heterocycles. The number of anilines is 1. The van der Waals surface area contributed by atoms with E-state index in [-0.39, 0.29) is 11.9 Å². The van der Waals surface area contributed by atoms with Crippen molar-refractivity contribution in [1.29, 1.82) is 0 Å². The molecule has 0 saturated heterocycles. The minimum atomic E-state index is -1.04. The number of aromatic nitrogens is 2. The fourth-order valence-corrected chi connectivity index (χ4v) is 3.17. The maximum Gasteiger partial charge on any atom is 0.341 e. The molecule has 2 aromatic carbocycles. The summed E-state index contributed by atoms with van der Waals surface area (Å²) in [4.78, 5) is 23.4. The maximum absolute atomic E-state index is 12.7. The molecule has 0 spiro atoms. The van der Waals surface area contributed by atoms with Crippen LogP contribution in [0.5, 0.6) is 5.75 Å². The van der Waals surface area contributed by atoms with E-state index in [0.717, 1.165) is 10.9 Å². The van der Waals surface area contributed by atoms with Gasteiger partial charge in [0.1, 0.15) is 5.75 Å². The average molecular weight is 381 g/mol. The number of carboxylic acids is 1. The molecule has 0 saturated carbocycles. The van der Waals surface area contributed by atoms with Crippen LogP contribution in [0.2, 0.25) is 0 Å². The molecule has 0 aliphatic carbocycles. The number of hydrogen-bond acceptors (Lipinski definition) is 4. The predicted molar refractivity (Wildman–Crippen MR) is 107 cm³/mol. The van der Waals surface area contributed by atoms with Gasteiger partial charge in [-0.3, -0.25) is 9.48 Å². The summed E-state index contributed by atoms with van der Waals surface area (Å²) in [5, 5.41) is 17.1. The number of benzene rings is 2. The van der Waals surface area contributed by atoms with Gasteiger partial charge in [-0.15, -0.1) is 0 Å². The summed E-state index contributed by atoms with van der Waals surface area (Å²) in [7, 11) is 0. The first kappa shape index (κ1) is 19.4. The molecule has 1 aromatic heterocycles. The van der Waals surface area contributed by atoms with Gasteiger partial charge < -0.3 is 15.2 Å². The third kappa shape index (κ3) is 3.98. The summed E-state index contributed by atoms with van der Waals surface area (Å²) in [5.74, 6) is -0.802.